The maximum Gasteiger partial charge on any atom is 0.257 e. The topological polar surface area (TPSA) is 66.5 Å². The maximum absolute atomic E-state index is 12.9. The number of sulfonamides is 1. The number of aryl methyl sites for hydroxylation is 2. The number of nitrogens with one attached hydrogen (secondary N) is 1. The molecule has 8 heteroatoms. The van der Waals surface area contributed by atoms with Gasteiger partial charge in [0.15, 0.2) is 0 Å². The van der Waals surface area contributed by atoms with Crippen molar-refractivity contribution >= 4 is 45.0 Å². The van der Waals surface area contributed by atoms with Gasteiger partial charge in [-0.2, -0.15) is 16.1 Å². The highest BCUT2D eigenvalue weighted by molar-refractivity contribution is 7.99. The standard InChI is InChI=1S/C19H21ClN2O3S2/c1-13-3-4-14(2)18(11-13)21-19(23)16-12-15(5-6-17(16)20)27(24,25)22-7-9-26-10-8-22/h3-6,11-12H,7-10H2,1-2H3,(H,21,23). The van der Waals surface area contributed by atoms with Crippen molar-refractivity contribution in [3.63, 3.8) is 0 Å². The smallest absolute Gasteiger partial charge is 0.257 e. The lowest BCUT2D eigenvalue weighted by molar-refractivity contribution is 0.102. The number of rotatable bonds is 4. The fourth-order valence-electron chi connectivity index (χ4n) is 2.84. The zero-order valence-corrected chi connectivity index (χ0v) is 17.5. The Bertz CT molecular complexity index is 971. The summed E-state index contributed by atoms with van der Waals surface area (Å²) in [6, 6.07) is 10.0. The van der Waals surface area contributed by atoms with Crippen LogP contribution in [0.25, 0.3) is 0 Å². The van der Waals surface area contributed by atoms with Gasteiger partial charge < -0.3 is 5.32 Å². The molecule has 1 N–H and O–H groups in total. The van der Waals surface area contributed by atoms with E-state index in [9.17, 15) is 13.2 Å². The minimum Gasteiger partial charge on any atom is -0.322 e. The number of hydrogen-bond acceptors (Lipinski definition) is 4. The third kappa shape index (κ3) is 4.48. The van der Waals surface area contributed by atoms with E-state index in [1.54, 1.807) is 11.8 Å². The molecular formula is C19H21ClN2O3S2. The first kappa shape index (κ1) is 20.2. The molecule has 1 aliphatic rings. The summed E-state index contributed by atoms with van der Waals surface area (Å²) in [4.78, 5) is 12.8. The van der Waals surface area contributed by atoms with Crippen molar-refractivity contribution in [3.05, 3.63) is 58.1 Å². The van der Waals surface area contributed by atoms with Crippen LogP contribution in [0.1, 0.15) is 21.5 Å². The van der Waals surface area contributed by atoms with Gasteiger partial charge in [-0.15, -0.1) is 0 Å². The second-order valence-corrected chi connectivity index (χ2v) is 10.0. The molecule has 0 unspecified atom stereocenters. The molecule has 0 saturated carbocycles. The molecule has 0 atom stereocenters. The molecule has 1 amide bonds. The van der Waals surface area contributed by atoms with Crippen molar-refractivity contribution < 1.29 is 13.2 Å². The summed E-state index contributed by atoms with van der Waals surface area (Å²) in [6.07, 6.45) is 0. The van der Waals surface area contributed by atoms with E-state index in [2.05, 4.69) is 5.32 Å². The van der Waals surface area contributed by atoms with Crippen LogP contribution in [0.4, 0.5) is 5.69 Å². The van der Waals surface area contributed by atoms with E-state index in [1.807, 2.05) is 32.0 Å². The summed E-state index contributed by atoms with van der Waals surface area (Å²) in [5.74, 6) is 1.11. The van der Waals surface area contributed by atoms with Crippen LogP contribution >= 0.6 is 23.4 Å². The summed E-state index contributed by atoms with van der Waals surface area (Å²) in [5.41, 5.74) is 2.75. The van der Waals surface area contributed by atoms with Gasteiger partial charge in [0.05, 0.1) is 15.5 Å². The van der Waals surface area contributed by atoms with Crippen molar-refractivity contribution in [2.24, 2.45) is 0 Å². The van der Waals surface area contributed by atoms with Crippen molar-refractivity contribution in [1.29, 1.82) is 0 Å². The van der Waals surface area contributed by atoms with Crippen LogP contribution in [0.15, 0.2) is 41.3 Å². The number of benzene rings is 2. The number of carbonyl (C=O) groups is 1. The van der Waals surface area contributed by atoms with E-state index < -0.39 is 15.9 Å². The summed E-state index contributed by atoms with van der Waals surface area (Å²) >= 11 is 7.92. The Kier molecular flexibility index (Phi) is 6.15. The summed E-state index contributed by atoms with van der Waals surface area (Å²) < 4.78 is 27.2. The van der Waals surface area contributed by atoms with Gasteiger partial charge in [-0.05, 0) is 49.2 Å². The van der Waals surface area contributed by atoms with Gasteiger partial charge in [0, 0.05) is 30.3 Å². The van der Waals surface area contributed by atoms with E-state index in [1.165, 1.54) is 22.5 Å². The Hall–Kier alpha value is -1.54. The van der Waals surface area contributed by atoms with Gasteiger partial charge in [-0.1, -0.05) is 23.7 Å². The van der Waals surface area contributed by atoms with Crippen LogP contribution in [0, 0.1) is 13.8 Å². The largest absolute Gasteiger partial charge is 0.322 e. The third-order valence-corrected chi connectivity index (χ3v) is 7.60. The number of nitrogens with zero attached hydrogens (tertiary/aromatic N) is 1. The molecule has 1 fully saturated rings. The van der Waals surface area contributed by atoms with Crippen LogP contribution in [0.5, 0.6) is 0 Å². The number of carbonyl (C=O) groups excluding carboxylic acids is 1. The normalized spacial score (nSPS) is 15.5. The van der Waals surface area contributed by atoms with E-state index in [-0.39, 0.29) is 15.5 Å². The molecule has 0 radical (unpaired) electrons. The molecule has 3 rings (SSSR count). The lowest BCUT2D eigenvalue weighted by atomic mass is 10.1. The second-order valence-electron chi connectivity index (χ2n) is 6.43. The van der Waals surface area contributed by atoms with Crippen molar-refractivity contribution in [2.75, 3.05) is 29.9 Å². The molecule has 27 heavy (non-hydrogen) atoms. The molecule has 1 heterocycles. The van der Waals surface area contributed by atoms with Crippen LogP contribution in [0.2, 0.25) is 5.02 Å². The zero-order valence-electron chi connectivity index (χ0n) is 15.2. The first-order valence-corrected chi connectivity index (χ1v) is 11.5. The Labute approximate surface area is 169 Å². The summed E-state index contributed by atoms with van der Waals surface area (Å²) in [6.45, 7) is 4.78. The average Bonchev–Trinajstić information content (AvgIpc) is 2.65. The fraction of sp³-hybridized carbons (Fsp3) is 0.316. The second kappa shape index (κ2) is 8.22. The van der Waals surface area contributed by atoms with E-state index in [4.69, 9.17) is 11.6 Å². The molecule has 144 valence electrons. The summed E-state index contributed by atoms with van der Waals surface area (Å²) in [7, 11) is -3.64. The molecule has 1 aliphatic heterocycles. The van der Waals surface area contributed by atoms with Gasteiger partial charge in [0.2, 0.25) is 10.0 Å². The number of amides is 1. The third-order valence-electron chi connectivity index (χ3n) is 4.43. The summed E-state index contributed by atoms with van der Waals surface area (Å²) in [5, 5.41) is 3.05. The lowest BCUT2D eigenvalue weighted by Gasteiger charge is -2.25. The van der Waals surface area contributed by atoms with Gasteiger partial charge in [-0.25, -0.2) is 8.42 Å². The predicted molar refractivity (Wildman–Crippen MR) is 111 cm³/mol. The Morgan fingerprint density at radius 1 is 1.11 bits per heavy atom. The minimum atomic E-state index is -3.64. The number of anilines is 1. The van der Waals surface area contributed by atoms with E-state index >= 15 is 0 Å². The molecule has 0 spiro atoms. The first-order valence-electron chi connectivity index (χ1n) is 8.55. The molecule has 2 aromatic rings. The maximum atomic E-state index is 12.9. The highest BCUT2D eigenvalue weighted by Crippen LogP contribution is 2.26. The van der Waals surface area contributed by atoms with Gasteiger partial charge >= 0.3 is 0 Å². The van der Waals surface area contributed by atoms with Crippen molar-refractivity contribution in [1.82, 2.24) is 4.31 Å². The molecular weight excluding hydrogens is 404 g/mol. The molecule has 0 aliphatic carbocycles. The monoisotopic (exact) mass is 424 g/mol. The fourth-order valence-corrected chi connectivity index (χ4v) is 5.64. The zero-order chi connectivity index (χ0) is 19.6. The lowest BCUT2D eigenvalue weighted by Crippen LogP contribution is -2.37. The minimum absolute atomic E-state index is 0.0879. The molecule has 2 aromatic carbocycles. The predicted octanol–water partition coefficient (Wildman–Crippen LogP) is 3.95. The van der Waals surface area contributed by atoms with Gasteiger partial charge in [-0.3, -0.25) is 4.79 Å². The Morgan fingerprint density at radius 2 is 1.81 bits per heavy atom. The average molecular weight is 425 g/mol. The van der Waals surface area contributed by atoms with Crippen LogP contribution in [-0.2, 0) is 10.0 Å². The molecule has 0 bridgehead atoms. The van der Waals surface area contributed by atoms with Gasteiger partial charge in [0.1, 0.15) is 0 Å². The molecule has 1 saturated heterocycles. The number of hydrogen-bond donors (Lipinski definition) is 1. The van der Waals surface area contributed by atoms with Crippen LogP contribution in [0.3, 0.4) is 0 Å². The van der Waals surface area contributed by atoms with E-state index in [0.717, 1.165) is 22.6 Å². The van der Waals surface area contributed by atoms with Crippen LogP contribution < -0.4 is 5.32 Å². The molecule has 0 aromatic heterocycles. The highest BCUT2D eigenvalue weighted by Gasteiger charge is 2.27. The SMILES string of the molecule is Cc1ccc(C)c(NC(=O)c2cc(S(=O)(=O)N3CCSCC3)ccc2Cl)c1. The van der Waals surface area contributed by atoms with Crippen LogP contribution in [-0.4, -0.2) is 43.2 Å². The first-order chi connectivity index (χ1) is 12.8. The number of halogens is 1. The van der Waals surface area contributed by atoms with Crippen molar-refractivity contribution in [2.45, 2.75) is 18.7 Å². The van der Waals surface area contributed by atoms with Gasteiger partial charge in [0.25, 0.3) is 5.91 Å². The van der Waals surface area contributed by atoms with Crippen molar-refractivity contribution in [3.8, 4) is 0 Å². The Morgan fingerprint density at radius 3 is 2.52 bits per heavy atom. The number of thioether (sulfide) groups is 1. The quantitative estimate of drug-likeness (QED) is 0.807. The Balaban J connectivity index is 1.91. The highest BCUT2D eigenvalue weighted by atomic mass is 35.5. The van der Waals surface area contributed by atoms with E-state index in [0.29, 0.717) is 18.8 Å². The molecule has 5 nitrogen and oxygen atoms in total.